The topological polar surface area (TPSA) is 113 Å². The van der Waals surface area contributed by atoms with Gasteiger partial charge < -0.3 is 15.7 Å². The van der Waals surface area contributed by atoms with Gasteiger partial charge in [0, 0.05) is 12.1 Å². The average Bonchev–Trinajstić information content (AvgIpc) is 3.09. The van der Waals surface area contributed by atoms with Crippen molar-refractivity contribution in [1.29, 1.82) is 0 Å². The molecular weight excluding hydrogens is 376 g/mol. The molecule has 0 unspecified atom stereocenters. The fraction of sp³-hybridized carbons (Fsp3) is 0.294. The standard InChI is InChI=1S/C17H18N2O5S2/c1-10-8-14(13-6-7-25-16(13)26(10,23)24)19-17(22)18-9-11-2-4-12(5-3-11)15(20)21/h2-7,10,14H,8-9H2,1H3,(H,20,21)(H2,18,19,22)/t10-,14-/m0/s1. The molecule has 0 bridgehead atoms. The monoisotopic (exact) mass is 394 g/mol. The number of nitrogens with one attached hydrogen (secondary N) is 2. The van der Waals surface area contributed by atoms with Crippen LogP contribution in [0.1, 0.15) is 40.9 Å². The number of benzene rings is 1. The van der Waals surface area contributed by atoms with Gasteiger partial charge in [-0.05, 0) is 42.5 Å². The molecule has 0 saturated carbocycles. The third-order valence-corrected chi connectivity index (χ3v) is 8.06. The van der Waals surface area contributed by atoms with Crippen LogP contribution in [0.5, 0.6) is 0 Å². The van der Waals surface area contributed by atoms with Gasteiger partial charge in [0.25, 0.3) is 0 Å². The van der Waals surface area contributed by atoms with Crippen LogP contribution in [0.2, 0.25) is 0 Å². The van der Waals surface area contributed by atoms with Gasteiger partial charge in [0.1, 0.15) is 4.21 Å². The number of aromatic carboxylic acids is 1. The Morgan fingerprint density at radius 2 is 1.92 bits per heavy atom. The van der Waals surface area contributed by atoms with Gasteiger partial charge in [-0.25, -0.2) is 18.0 Å². The molecule has 0 saturated heterocycles. The molecule has 0 radical (unpaired) electrons. The normalized spacial score (nSPS) is 20.8. The van der Waals surface area contributed by atoms with Crippen LogP contribution in [-0.4, -0.2) is 30.8 Å². The number of hydrogen-bond acceptors (Lipinski definition) is 5. The van der Waals surface area contributed by atoms with Gasteiger partial charge in [-0.15, -0.1) is 11.3 Å². The number of sulfone groups is 1. The zero-order valence-electron chi connectivity index (χ0n) is 13.9. The second kappa shape index (κ2) is 7.08. The van der Waals surface area contributed by atoms with Crippen molar-refractivity contribution in [3.63, 3.8) is 0 Å². The van der Waals surface area contributed by atoms with E-state index >= 15 is 0 Å². The zero-order valence-corrected chi connectivity index (χ0v) is 15.6. The van der Waals surface area contributed by atoms with E-state index in [1.165, 1.54) is 23.5 Å². The van der Waals surface area contributed by atoms with E-state index in [0.29, 0.717) is 16.2 Å². The number of amides is 2. The highest BCUT2D eigenvalue weighted by Gasteiger charge is 2.37. The van der Waals surface area contributed by atoms with E-state index in [-0.39, 0.29) is 18.2 Å². The minimum absolute atomic E-state index is 0.181. The summed E-state index contributed by atoms with van der Waals surface area (Å²) in [6.45, 7) is 1.89. The highest BCUT2D eigenvalue weighted by Crippen LogP contribution is 2.39. The molecule has 1 aromatic carbocycles. The average molecular weight is 394 g/mol. The lowest BCUT2D eigenvalue weighted by atomic mass is 10.1. The number of fused-ring (bicyclic) bond motifs is 1. The van der Waals surface area contributed by atoms with Crippen LogP contribution in [-0.2, 0) is 16.4 Å². The summed E-state index contributed by atoms with van der Waals surface area (Å²) in [4.78, 5) is 23.0. The molecule has 0 fully saturated rings. The van der Waals surface area contributed by atoms with Crippen molar-refractivity contribution >= 4 is 33.2 Å². The first kappa shape index (κ1) is 18.4. The van der Waals surface area contributed by atoms with Crippen molar-refractivity contribution in [3.8, 4) is 0 Å². The smallest absolute Gasteiger partial charge is 0.335 e. The molecule has 138 valence electrons. The van der Waals surface area contributed by atoms with E-state index in [9.17, 15) is 18.0 Å². The quantitative estimate of drug-likeness (QED) is 0.738. The first-order chi connectivity index (χ1) is 12.3. The predicted octanol–water partition coefficient (Wildman–Crippen LogP) is 2.55. The third-order valence-electron chi connectivity index (χ3n) is 4.35. The Bertz CT molecular complexity index is 934. The van der Waals surface area contributed by atoms with Gasteiger partial charge in [0.05, 0.1) is 16.9 Å². The maximum atomic E-state index is 12.3. The fourth-order valence-corrected chi connectivity index (χ4v) is 6.09. The molecule has 3 rings (SSSR count). The molecule has 1 aliphatic rings. The number of thiophene rings is 1. The lowest BCUT2D eigenvalue weighted by molar-refractivity contribution is 0.0697. The lowest BCUT2D eigenvalue weighted by Crippen LogP contribution is -2.41. The Morgan fingerprint density at radius 3 is 2.58 bits per heavy atom. The van der Waals surface area contributed by atoms with E-state index in [4.69, 9.17) is 5.11 Å². The minimum atomic E-state index is -3.31. The molecular formula is C17H18N2O5S2. The number of hydrogen-bond donors (Lipinski definition) is 3. The van der Waals surface area contributed by atoms with Gasteiger partial charge in [-0.1, -0.05) is 12.1 Å². The summed E-state index contributed by atoms with van der Waals surface area (Å²) >= 11 is 1.17. The number of carbonyl (C=O) groups is 2. The Hall–Kier alpha value is -2.39. The summed E-state index contributed by atoms with van der Waals surface area (Å²) in [7, 11) is -3.31. The summed E-state index contributed by atoms with van der Waals surface area (Å²) in [6, 6.07) is 7.20. The second-order valence-corrected chi connectivity index (χ2v) is 9.61. The molecule has 2 amide bonds. The zero-order chi connectivity index (χ0) is 18.9. The van der Waals surface area contributed by atoms with Crippen molar-refractivity contribution in [2.75, 3.05) is 0 Å². The predicted molar refractivity (Wildman–Crippen MR) is 97.1 cm³/mol. The molecule has 2 aromatic rings. The van der Waals surface area contributed by atoms with E-state index < -0.39 is 27.1 Å². The molecule has 2 atom stereocenters. The molecule has 9 heteroatoms. The van der Waals surface area contributed by atoms with Crippen LogP contribution >= 0.6 is 11.3 Å². The Morgan fingerprint density at radius 1 is 1.23 bits per heavy atom. The van der Waals surface area contributed by atoms with Crippen molar-refractivity contribution in [2.24, 2.45) is 0 Å². The minimum Gasteiger partial charge on any atom is -0.478 e. The molecule has 7 nitrogen and oxygen atoms in total. The summed E-state index contributed by atoms with van der Waals surface area (Å²) in [5.74, 6) is -1.00. The first-order valence-electron chi connectivity index (χ1n) is 7.97. The lowest BCUT2D eigenvalue weighted by Gasteiger charge is -2.28. The SMILES string of the molecule is C[C@H]1C[C@H](NC(=O)NCc2ccc(C(=O)O)cc2)c2ccsc2S1(=O)=O. The Labute approximate surface area is 155 Å². The Kier molecular flexibility index (Phi) is 5.01. The number of carboxylic acids is 1. The van der Waals surface area contributed by atoms with Crippen molar-refractivity contribution < 1.29 is 23.1 Å². The summed E-state index contributed by atoms with van der Waals surface area (Å²) in [6.07, 6.45) is 0.326. The van der Waals surface area contributed by atoms with Crippen LogP contribution < -0.4 is 10.6 Å². The van der Waals surface area contributed by atoms with Crippen LogP contribution in [0.25, 0.3) is 0 Å². The maximum absolute atomic E-state index is 12.3. The van der Waals surface area contributed by atoms with Crippen LogP contribution in [0.15, 0.2) is 39.9 Å². The fourth-order valence-electron chi connectivity index (χ4n) is 2.86. The summed E-state index contributed by atoms with van der Waals surface area (Å²) < 4.78 is 25.0. The van der Waals surface area contributed by atoms with E-state index in [1.54, 1.807) is 30.5 Å². The van der Waals surface area contributed by atoms with Gasteiger partial charge in [-0.2, -0.15) is 0 Å². The molecule has 1 aromatic heterocycles. The largest absolute Gasteiger partial charge is 0.478 e. The second-order valence-electron chi connectivity index (χ2n) is 6.14. The number of carbonyl (C=O) groups excluding carboxylic acids is 1. The van der Waals surface area contributed by atoms with E-state index in [0.717, 1.165) is 5.56 Å². The molecule has 0 spiro atoms. The van der Waals surface area contributed by atoms with Gasteiger partial charge in [0.2, 0.25) is 0 Å². The van der Waals surface area contributed by atoms with Crippen molar-refractivity contribution in [1.82, 2.24) is 10.6 Å². The van der Waals surface area contributed by atoms with E-state index in [1.807, 2.05) is 0 Å². The summed E-state index contributed by atoms with van der Waals surface area (Å²) in [5.41, 5.74) is 1.58. The van der Waals surface area contributed by atoms with Gasteiger partial charge in [0.15, 0.2) is 9.84 Å². The number of rotatable bonds is 4. The van der Waals surface area contributed by atoms with Crippen LogP contribution in [0, 0.1) is 0 Å². The third kappa shape index (κ3) is 3.58. The van der Waals surface area contributed by atoms with Crippen LogP contribution in [0.4, 0.5) is 4.79 Å². The molecule has 1 aliphatic heterocycles. The van der Waals surface area contributed by atoms with Crippen LogP contribution in [0.3, 0.4) is 0 Å². The van der Waals surface area contributed by atoms with Crippen molar-refractivity contribution in [2.45, 2.75) is 35.4 Å². The van der Waals surface area contributed by atoms with E-state index in [2.05, 4.69) is 10.6 Å². The van der Waals surface area contributed by atoms with Gasteiger partial charge >= 0.3 is 12.0 Å². The first-order valence-corrected chi connectivity index (χ1v) is 10.4. The van der Waals surface area contributed by atoms with Gasteiger partial charge in [-0.3, -0.25) is 0 Å². The highest BCUT2D eigenvalue weighted by molar-refractivity contribution is 7.94. The molecule has 3 N–H and O–H groups in total. The highest BCUT2D eigenvalue weighted by atomic mass is 32.2. The summed E-state index contributed by atoms with van der Waals surface area (Å²) in [5, 5.41) is 15.6. The molecule has 26 heavy (non-hydrogen) atoms. The number of urea groups is 1. The molecule has 0 aliphatic carbocycles. The Balaban J connectivity index is 1.63. The maximum Gasteiger partial charge on any atom is 0.335 e. The number of carboxylic acid groups (broad SMARTS) is 1. The molecule has 2 heterocycles. The van der Waals surface area contributed by atoms with Crippen molar-refractivity contribution in [3.05, 3.63) is 52.4 Å².